The number of aromatic nitrogens is 1. The molecule has 2 rings (SSSR count). The van der Waals surface area contributed by atoms with Gasteiger partial charge < -0.3 is 14.8 Å². The molecule has 0 radical (unpaired) electrons. The Morgan fingerprint density at radius 1 is 1.50 bits per heavy atom. The normalized spacial score (nSPS) is 10.8. The van der Waals surface area contributed by atoms with E-state index in [2.05, 4.69) is 10.3 Å². The molecule has 0 amide bonds. The number of nitrogens with one attached hydrogen (secondary N) is 1. The quantitative estimate of drug-likeness (QED) is 0.868. The molecule has 18 heavy (non-hydrogen) atoms. The molecule has 0 fully saturated rings. The van der Waals surface area contributed by atoms with Crippen molar-refractivity contribution >= 4 is 17.3 Å². The number of hydrogen-bond acceptors (Lipinski definition) is 5. The molecule has 2 aromatic heterocycles. The minimum absolute atomic E-state index is 0.372. The maximum Gasteiger partial charge on any atom is 0.345 e. The molecule has 0 aliphatic rings. The van der Waals surface area contributed by atoms with Crippen LogP contribution in [0.4, 0.5) is 0 Å². The first kappa shape index (κ1) is 12.8. The van der Waals surface area contributed by atoms with Crippen molar-refractivity contribution in [3.8, 4) is 0 Å². The highest BCUT2D eigenvalue weighted by Crippen LogP contribution is 2.21. The van der Waals surface area contributed by atoms with E-state index < -0.39 is 5.97 Å². The SMILES string of the molecule is Cc1cnc(CNCc2cc(C(=O)O)sc2C)o1. The zero-order valence-electron chi connectivity index (χ0n) is 10.2. The summed E-state index contributed by atoms with van der Waals surface area (Å²) in [7, 11) is 0. The molecular weight excluding hydrogens is 252 g/mol. The Kier molecular flexibility index (Phi) is 3.78. The van der Waals surface area contributed by atoms with E-state index in [1.54, 1.807) is 12.3 Å². The van der Waals surface area contributed by atoms with E-state index in [4.69, 9.17) is 9.52 Å². The van der Waals surface area contributed by atoms with E-state index in [1.165, 1.54) is 11.3 Å². The monoisotopic (exact) mass is 266 g/mol. The van der Waals surface area contributed by atoms with Gasteiger partial charge in [0, 0.05) is 11.4 Å². The number of aromatic carboxylic acids is 1. The van der Waals surface area contributed by atoms with Crippen LogP contribution in [0, 0.1) is 13.8 Å². The lowest BCUT2D eigenvalue weighted by Crippen LogP contribution is -2.12. The number of oxazole rings is 1. The number of hydrogen-bond donors (Lipinski definition) is 2. The van der Waals surface area contributed by atoms with Crippen LogP contribution in [-0.4, -0.2) is 16.1 Å². The molecule has 2 N–H and O–H groups in total. The van der Waals surface area contributed by atoms with Gasteiger partial charge in [0.25, 0.3) is 0 Å². The molecule has 0 aromatic carbocycles. The summed E-state index contributed by atoms with van der Waals surface area (Å²) < 4.78 is 5.33. The molecule has 0 atom stereocenters. The molecule has 0 saturated heterocycles. The average molecular weight is 266 g/mol. The first-order valence-electron chi connectivity index (χ1n) is 5.51. The van der Waals surface area contributed by atoms with E-state index in [-0.39, 0.29) is 0 Å². The molecule has 0 unspecified atom stereocenters. The first-order chi connectivity index (χ1) is 8.56. The van der Waals surface area contributed by atoms with E-state index >= 15 is 0 Å². The number of thiophene rings is 1. The molecule has 0 aliphatic carbocycles. The van der Waals surface area contributed by atoms with Crippen molar-refractivity contribution in [3.05, 3.63) is 39.2 Å². The fraction of sp³-hybridized carbons (Fsp3) is 0.333. The lowest BCUT2D eigenvalue weighted by Gasteiger charge is -2.01. The predicted molar refractivity (Wildman–Crippen MR) is 67.8 cm³/mol. The molecule has 6 heteroatoms. The zero-order chi connectivity index (χ0) is 13.1. The molecule has 5 nitrogen and oxygen atoms in total. The lowest BCUT2D eigenvalue weighted by molar-refractivity contribution is 0.0702. The second-order valence-electron chi connectivity index (χ2n) is 3.97. The fourth-order valence-electron chi connectivity index (χ4n) is 1.59. The Morgan fingerprint density at radius 2 is 2.28 bits per heavy atom. The summed E-state index contributed by atoms with van der Waals surface area (Å²) in [5, 5.41) is 12.1. The van der Waals surface area contributed by atoms with Crippen LogP contribution in [0.3, 0.4) is 0 Å². The van der Waals surface area contributed by atoms with Gasteiger partial charge in [-0.25, -0.2) is 9.78 Å². The van der Waals surface area contributed by atoms with Gasteiger partial charge in [0.15, 0.2) is 0 Å². The Hall–Kier alpha value is -1.66. The maximum atomic E-state index is 10.8. The van der Waals surface area contributed by atoms with E-state index in [0.717, 1.165) is 16.2 Å². The second kappa shape index (κ2) is 5.32. The third-order valence-electron chi connectivity index (χ3n) is 2.49. The third-order valence-corrected chi connectivity index (χ3v) is 3.57. The van der Waals surface area contributed by atoms with Gasteiger partial charge in [-0.15, -0.1) is 11.3 Å². The predicted octanol–water partition coefficient (Wildman–Crippen LogP) is 2.34. The van der Waals surface area contributed by atoms with Crippen LogP contribution in [-0.2, 0) is 13.1 Å². The largest absolute Gasteiger partial charge is 0.477 e. The highest BCUT2D eigenvalue weighted by Gasteiger charge is 2.10. The number of rotatable bonds is 5. The molecular formula is C12H14N2O3S. The minimum atomic E-state index is -0.877. The van der Waals surface area contributed by atoms with Crippen LogP contribution >= 0.6 is 11.3 Å². The van der Waals surface area contributed by atoms with Crippen LogP contribution in [0.1, 0.15) is 31.8 Å². The smallest absolute Gasteiger partial charge is 0.345 e. The summed E-state index contributed by atoms with van der Waals surface area (Å²) >= 11 is 1.29. The molecule has 0 spiro atoms. The van der Waals surface area contributed by atoms with Crippen molar-refractivity contribution in [2.75, 3.05) is 0 Å². The summed E-state index contributed by atoms with van der Waals surface area (Å²) in [6.07, 6.45) is 1.68. The van der Waals surface area contributed by atoms with Crippen molar-refractivity contribution in [2.24, 2.45) is 0 Å². The van der Waals surface area contributed by atoms with Crippen LogP contribution in [0.15, 0.2) is 16.7 Å². The standard InChI is InChI=1S/C12H14N2O3S/c1-7-4-14-11(17-7)6-13-5-9-3-10(12(15)16)18-8(9)2/h3-4,13H,5-6H2,1-2H3,(H,15,16). The molecule has 0 bridgehead atoms. The summed E-state index contributed by atoms with van der Waals surface area (Å²) in [6, 6.07) is 1.70. The Labute approximate surface area is 108 Å². The van der Waals surface area contributed by atoms with E-state index in [9.17, 15) is 4.79 Å². The minimum Gasteiger partial charge on any atom is -0.477 e. The molecule has 96 valence electrons. The van der Waals surface area contributed by atoms with Gasteiger partial charge in [0.2, 0.25) is 5.89 Å². The van der Waals surface area contributed by atoms with Gasteiger partial charge in [0.05, 0.1) is 12.7 Å². The van der Waals surface area contributed by atoms with Gasteiger partial charge in [0.1, 0.15) is 10.6 Å². The second-order valence-corrected chi connectivity index (χ2v) is 5.22. The molecule has 2 aromatic rings. The van der Waals surface area contributed by atoms with Crippen LogP contribution in [0.2, 0.25) is 0 Å². The van der Waals surface area contributed by atoms with Gasteiger partial charge >= 0.3 is 5.97 Å². The van der Waals surface area contributed by atoms with Gasteiger partial charge in [-0.3, -0.25) is 0 Å². The Balaban J connectivity index is 1.92. The number of carboxylic acids is 1. The van der Waals surface area contributed by atoms with Crippen LogP contribution in [0.25, 0.3) is 0 Å². The third kappa shape index (κ3) is 2.96. The highest BCUT2D eigenvalue weighted by molar-refractivity contribution is 7.14. The van der Waals surface area contributed by atoms with E-state index in [1.807, 2.05) is 13.8 Å². The summed E-state index contributed by atoms with van der Waals surface area (Å²) in [4.78, 5) is 16.3. The summed E-state index contributed by atoms with van der Waals surface area (Å²) in [5.41, 5.74) is 1.00. The number of aryl methyl sites for hydroxylation is 2. The summed E-state index contributed by atoms with van der Waals surface area (Å²) in [6.45, 7) is 4.91. The van der Waals surface area contributed by atoms with Crippen molar-refractivity contribution in [1.29, 1.82) is 0 Å². The van der Waals surface area contributed by atoms with Crippen LogP contribution in [0.5, 0.6) is 0 Å². The van der Waals surface area contributed by atoms with E-state index in [0.29, 0.717) is 23.9 Å². The van der Waals surface area contributed by atoms with Crippen molar-refractivity contribution in [1.82, 2.24) is 10.3 Å². The Bertz CT molecular complexity index is 559. The van der Waals surface area contributed by atoms with Gasteiger partial charge in [-0.2, -0.15) is 0 Å². The molecule has 0 saturated carbocycles. The van der Waals surface area contributed by atoms with Crippen molar-refractivity contribution < 1.29 is 14.3 Å². The topological polar surface area (TPSA) is 75.4 Å². The van der Waals surface area contributed by atoms with Crippen molar-refractivity contribution in [3.63, 3.8) is 0 Å². The zero-order valence-corrected chi connectivity index (χ0v) is 11.0. The first-order valence-corrected chi connectivity index (χ1v) is 6.32. The maximum absolute atomic E-state index is 10.8. The van der Waals surface area contributed by atoms with Gasteiger partial charge in [-0.05, 0) is 25.5 Å². The fourth-order valence-corrected chi connectivity index (χ4v) is 2.47. The number of nitrogens with zero attached hydrogens (tertiary/aromatic N) is 1. The Morgan fingerprint density at radius 3 is 2.83 bits per heavy atom. The average Bonchev–Trinajstić information content (AvgIpc) is 2.87. The highest BCUT2D eigenvalue weighted by atomic mass is 32.1. The molecule has 0 aliphatic heterocycles. The lowest BCUT2D eigenvalue weighted by atomic mass is 10.2. The molecule has 2 heterocycles. The van der Waals surface area contributed by atoms with Crippen molar-refractivity contribution in [2.45, 2.75) is 26.9 Å². The summed E-state index contributed by atoms with van der Waals surface area (Å²) in [5.74, 6) is 0.545. The number of carbonyl (C=O) groups is 1. The van der Waals surface area contributed by atoms with Crippen LogP contribution < -0.4 is 5.32 Å². The number of carboxylic acid groups (broad SMARTS) is 1. The van der Waals surface area contributed by atoms with Gasteiger partial charge in [-0.1, -0.05) is 0 Å².